The number of aromatic nitrogens is 3. The quantitative estimate of drug-likeness (QED) is 0.251. The molecule has 2 saturated heterocycles. The number of pyridine rings is 1. The van der Waals surface area contributed by atoms with E-state index in [-0.39, 0.29) is 42.1 Å². The lowest BCUT2D eigenvalue weighted by molar-refractivity contribution is 0.119. The molecule has 7 rings (SSSR count). The summed E-state index contributed by atoms with van der Waals surface area (Å²) in [6.07, 6.45) is 5.04. The minimum atomic E-state index is -1.08. The molecule has 0 bridgehead atoms. The number of ether oxygens (including phenoxy) is 1. The third kappa shape index (κ3) is 5.69. The van der Waals surface area contributed by atoms with Crippen molar-refractivity contribution in [1.82, 2.24) is 24.8 Å². The van der Waals surface area contributed by atoms with Crippen LogP contribution in [0.3, 0.4) is 0 Å². The van der Waals surface area contributed by atoms with Crippen LogP contribution in [-0.2, 0) is 0 Å². The normalized spacial score (nSPS) is 19.6. The van der Waals surface area contributed by atoms with Crippen LogP contribution in [0.2, 0.25) is 5.02 Å². The van der Waals surface area contributed by atoms with Crippen molar-refractivity contribution >= 4 is 45.2 Å². The van der Waals surface area contributed by atoms with Crippen LogP contribution in [0, 0.1) is 22.6 Å². The van der Waals surface area contributed by atoms with Crippen LogP contribution in [0.25, 0.3) is 32.9 Å². The van der Waals surface area contributed by atoms with E-state index in [0.29, 0.717) is 40.3 Å². The summed E-state index contributed by atoms with van der Waals surface area (Å²) in [7, 11) is 0. The summed E-state index contributed by atoms with van der Waals surface area (Å²) in [5, 5.41) is 21.5. The molecule has 1 amide bonds. The zero-order chi connectivity index (χ0) is 31.1. The highest BCUT2D eigenvalue weighted by Gasteiger charge is 2.45. The Morgan fingerprint density at radius 2 is 1.91 bits per heavy atom. The van der Waals surface area contributed by atoms with E-state index in [1.807, 2.05) is 29.2 Å². The Hall–Kier alpha value is -4.27. The number of benzene rings is 2. The minimum absolute atomic E-state index is 0.0206. The molecule has 10 nitrogen and oxygen atoms in total. The van der Waals surface area contributed by atoms with Gasteiger partial charge in [-0.1, -0.05) is 41.9 Å². The fourth-order valence-corrected chi connectivity index (χ4v) is 7.03. The Morgan fingerprint density at radius 1 is 1.13 bits per heavy atom. The summed E-state index contributed by atoms with van der Waals surface area (Å²) < 4.78 is 22.9. The van der Waals surface area contributed by atoms with Gasteiger partial charge in [0, 0.05) is 53.8 Å². The van der Waals surface area contributed by atoms with Crippen LogP contribution in [0.5, 0.6) is 6.01 Å². The molecule has 1 atom stereocenters. The number of nitriles is 1. The summed E-state index contributed by atoms with van der Waals surface area (Å²) in [6, 6.07) is 12.7. The van der Waals surface area contributed by atoms with E-state index in [9.17, 15) is 15.2 Å². The van der Waals surface area contributed by atoms with Crippen LogP contribution in [-0.4, -0.2) is 87.9 Å². The molecule has 232 valence electrons. The van der Waals surface area contributed by atoms with E-state index >= 15 is 4.39 Å². The molecule has 2 aromatic carbocycles. The molecule has 2 aliphatic heterocycles. The van der Waals surface area contributed by atoms with Gasteiger partial charge in [0.25, 0.3) is 0 Å². The average Bonchev–Trinajstić information content (AvgIpc) is 3.61. The molecule has 2 aromatic heterocycles. The SMILES string of the molecule is N#CC[C@H]1CN(c2nc(OCC3(CN4CCCC4)CC3)nc3c(F)c(-c4cccc5cccc(Cl)c45)ncc23)CCN1C(=O)O. The first kappa shape index (κ1) is 29.4. The smallest absolute Gasteiger partial charge is 0.407 e. The Balaban J connectivity index is 1.30. The van der Waals surface area contributed by atoms with Gasteiger partial charge in [-0.3, -0.25) is 4.98 Å². The molecule has 4 heterocycles. The number of piperazine rings is 1. The predicted octanol–water partition coefficient (Wildman–Crippen LogP) is 5.97. The molecular weight excluding hydrogens is 597 g/mol. The maximum Gasteiger partial charge on any atom is 0.407 e. The summed E-state index contributed by atoms with van der Waals surface area (Å²) in [5.41, 5.74) is 0.760. The van der Waals surface area contributed by atoms with Crippen molar-refractivity contribution in [2.75, 3.05) is 50.8 Å². The van der Waals surface area contributed by atoms with E-state index in [1.165, 1.54) is 17.7 Å². The Kier molecular flexibility index (Phi) is 7.79. The van der Waals surface area contributed by atoms with Crippen molar-refractivity contribution < 1.29 is 19.0 Å². The second-order valence-corrected chi connectivity index (χ2v) is 12.8. The monoisotopic (exact) mass is 629 g/mol. The number of likely N-dealkylation sites (tertiary alicyclic amines) is 1. The van der Waals surface area contributed by atoms with Crippen molar-refractivity contribution in [1.29, 1.82) is 5.26 Å². The van der Waals surface area contributed by atoms with Crippen molar-refractivity contribution in [2.24, 2.45) is 5.41 Å². The van der Waals surface area contributed by atoms with Crippen molar-refractivity contribution in [3.05, 3.63) is 53.4 Å². The number of amides is 1. The molecule has 1 saturated carbocycles. The third-order valence-electron chi connectivity index (χ3n) is 9.33. The molecule has 1 aliphatic carbocycles. The van der Waals surface area contributed by atoms with Crippen molar-refractivity contribution in [3.63, 3.8) is 0 Å². The zero-order valence-electron chi connectivity index (χ0n) is 24.8. The average molecular weight is 630 g/mol. The number of nitrogens with zero attached hydrogens (tertiary/aromatic N) is 7. The maximum atomic E-state index is 16.7. The molecule has 4 aromatic rings. The first-order valence-electron chi connectivity index (χ1n) is 15.4. The lowest BCUT2D eigenvalue weighted by Crippen LogP contribution is -2.55. The number of fused-ring (bicyclic) bond motifs is 2. The van der Waals surface area contributed by atoms with Crippen LogP contribution >= 0.6 is 11.6 Å². The van der Waals surface area contributed by atoms with Crippen LogP contribution in [0.1, 0.15) is 32.1 Å². The van der Waals surface area contributed by atoms with Gasteiger partial charge in [0.2, 0.25) is 0 Å². The second-order valence-electron chi connectivity index (χ2n) is 12.4. The molecule has 0 radical (unpaired) electrons. The molecule has 0 unspecified atom stereocenters. The van der Waals surface area contributed by atoms with Gasteiger partial charge in [0.15, 0.2) is 5.82 Å². The van der Waals surface area contributed by atoms with Gasteiger partial charge in [0.1, 0.15) is 17.0 Å². The third-order valence-corrected chi connectivity index (χ3v) is 9.64. The van der Waals surface area contributed by atoms with Gasteiger partial charge in [0.05, 0.1) is 30.5 Å². The minimum Gasteiger partial charge on any atom is -0.465 e. The number of carboxylic acid groups (broad SMARTS) is 1. The van der Waals surface area contributed by atoms with E-state index in [4.69, 9.17) is 21.3 Å². The summed E-state index contributed by atoms with van der Waals surface area (Å²) in [6.45, 7) is 4.29. The Labute approximate surface area is 265 Å². The van der Waals surface area contributed by atoms with Crippen molar-refractivity contribution in [3.8, 4) is 23.3 Å². The topological polar surface area (TPSA) is 119 Å². The molecule has 12 heteroatoms. The first-order valence-corrected chi connectivity index (χ1v) is 15.7. The highest BCUT2D eigenvalue weighted by atomic mass is 35.5. The fraction of sp³-hybridized carbons (Fsp3) is 0.424. The zero-order valence-corrected chi connectivity index (χ0v) is 25.5. The Morgan fingerprint density at radius 3 is 2.64 bits per heavy atom. The van der Waals surface area contributed by atoms with E-state index in [2.05, 4.69) is 20.9 Å². The van der Waals surface area contributed by atoms with Gasteiger partial charge in [-0.15, -0.1) is 0 Å². The standard InChI is InChI=1S/C33H33ClFN7O3/c34-25-8-4-6-21-5-3-7-23(26(21)25)28-27(35)29-24(17-37-28)30(41-15-16-42(32(43)44)22(18-41)9-12-36)39-31(38-29)45-20-33(10-11-33)19-40-13-1-2-14-40/h3-8,17,22H,1-2,9-11,13-16,18-20H2,(H,43,44)/t22-/m0/s1. The first-order chi connectivity index (χ1) is 21.9. The van der Waals surface area contributed by atoms with Crippen LogP contribution in [0.4, 0.5) is 15.0 Å². The van der Waals surface area contributed by atoms with Gasteiger partial charge in [-0.05, 0) is 50.2 Å². The number of anilines is 1. The van der Waals surface area contributed by atoms with E-state index in [0.717, 1.165) is 37.9 Å². The van der Waals surface area contributed by atoms with Crippen LogP contribution in [0.15, 0.2) is 42.6 Å². The number of hydrogen-bond donors (Lipinski definition) is 1. The molecular formula is C33H33ClFN7O3. The van der Waals surface area contributed by atoms with E-state index in [1.54, 1.807) is 18.3 Å². The van der Waals surface area contributed by atoms with Gasteiger partial charge >= 0.3 is 12.1 Å². The molecule has 45 heavy (non-hydrogen) atoms. The summed E-state index contributed by atoms with van der Waals surface area (Å²) in [5.74, 6) is -0.217. The lowest BCUT2D eigenvalue weighted by Gasteiger charge is -2.39. The summed E-state index contributed by atoms with van der Waals surface area (Å²) in [4.78, 5) is 31.4. The molecule has 1 N–H and O–H groups in total. The molecule has 3 fully saturated rings. The van der Waals surface area contributed by atoms with Gasteiger partial charge in [-0.25, -0.2) is 9.18 Å². The molecule has 3 aliphatic rings. The predicted molar refractivity (Wildman–Crippen MR) is 169 cm³/mol. The van der Waals surface area contributed by atoms with Gasteiger partial charge < -0.3 is 24.5 Å². The fourth-order valence-electron chi connectivity index (χ4n) is 6.74. The second kappa shape index (κ2) is 11.9. The Bertz CT molecular complexity index is 1820. The summed E-state index contributed by atoms with van der Waals surface area (Å²) >= 11 is 6.58. The van der Waals surface area contributed by atoms with Gasteiger partial charge in [-0.2, -0.15) is 15.2 Å². The van der Waals surface area contributed by atoms with Crippen LogP contribution < -0.4 is 9.64 Å². The number of rotatable bonds is 8. The highest BCUT2D eigenvalue weighted by Crippen LogP contribution is 2.47. The number of hydrogen-bond acceptors (Lipinski definition) is 8. The van der Waals surface area contributed by atoms with E-state index < -0.39 is 18.0 Å². The molecule has 0 spiro atoms. The highest BCUT2D eigenvalue weighted by molar-refractivity contribution is 6.36. The maximum absolute atomic E-state index is 16.7. The number of carbonyl (C=O) groups is 1. The largest absolute Gasteiger partial charge is 0.465 e. The van der Waals surface area contributed by atoms with Crippen molar-refractivity contribution in [2.45, 2.75) is 38.1 Å². The number of halogens is 2. The lowest BCUT2D eigenvalue weighted by atomic mass is 10.0.